The van der Waals surface area contributed by atoms with Crippen molar-refractivity contribution in [1.82, 2.24) is 10.1 Å². The molecule has 0 fully saturated rings. The monoisotopic (exact) mass is 327 g/mol. The van der Waals surface area contributed by atoms with E-state index in [2.05, 4.69) is 15.5 Å². The third-order valence-electron chi connectivity index (χ3n) is 4.76. The molecule has 6 nitrogen and oxygen atoms in total. The van der Waals surface area contributed by atoms with E-state index in [1.807, 2.05) is 6.07 Å². The molecule has 0 radical (unpaired) electrons. The highest BCUT2D eigenvalue weighted by Crippen LogP contribution is 2.29. The first-order valence-electron chi connectivity index (χ1n) is 8.68. The molecule has 126 valence electrons. The summed E-state index contributed by atoms with van der Waals surface area (Å²) < 4.78 is 11.0. The summed E-state index contributed by atoms with van der Waals surface area (Å²) in [5.41, 5.74) is 4.26. The molecule has 0 aromatic carbocycles. The van der Waals surface area contributed by atoms with Gasteiger partial charge in [0.2, 0.25) is 5.88 Å². The predicted octanol–water partition coefficient (Wildman–Crippen LogP) is 2.84. The van der Waals surface area contributed by atoms with Crippen LogP contribution in [-0.4, -0.2) is 22.7 Å². The van der Waals surface area contributed by atoms with Crippen molar-refractivity contribution in [1.29, 1.82) is 0 Å². The van der Waals surface area contributed by atoms with Gasteiger partial charge in [-0.15, -0.1) is 0 Å². The Balaban J connectivity index is 1.40. The van der Waals surface area contributed by atoms with Crippen LogP contribution < -0.4 is 10.1 Å². The molecule has 6 heteroatoms. The lowest BCUT2D eigenvalue weighted by Gasteiger charge is -2.18. The van der Waals surface area contributed by atoms with Gasteiger partial charge in [-0.3, -0.25) is 15.1 Å². The van der Waals surface area contributed by atoms with Crippen molar-refractivity contribution in [2.75, 3.05) is 11.9 Å². The lowest BCUT2D eigenvalue weighted by atomic mass is 9.95. The number of fused-ring (bicyclic) bond motifs is 2. The number of aryl methyl sites for hydroxylation is 2. The maximum atomic E-state index is 12.2. The van der Waals surface area contributed by atoms with E-state index >= 15 is 0 Å². The summed E-state index contributed by atoms with van der Waals surface area (Å²) in [5.74, 6) is 1.03. The first-order chi connectivity index (χ1) is 11.8. The average Bonchev–Trinajstić information content (AvgIpc) is 3.03. The van der Waals surface area contributed by atoms with E-state index in [1.54, 1.807) is 6.20 Å². The summed E-state index contributed by atoms with van der Waals surface area (Å²) in [6.07, 6.45) is 10.1. The van der Waals surface area contributed by atoms with Crippen molar-refractivity contribution in [2.24, 2.45) is 0 Å². The van der Waals surface area contributed by atoms with E-state index in [9.17, 15) is 4.79 Å². The topological polar surface area (TPSA) is 77.2 Å². The van der Waals surface area contributed by atoms with Gasteiger partial charge in [-0.2, -0.15) is 0 Å². The summed E-state index contributed by atoms with van der Waals surface area (Å²) in [6.45, 7) is -0.0358. The molecule has 2 aromatic heterocycles. The Kier molecular flexibility index (Phi) is 4.19. The van der Waals surface area contributed by atoms with Crippen molar-refractivity contribution in [3.63, 3.8) is 0 Å². The maximum Gasteiger partial charge on any atom is 0.264 e. The van der Waals surface area contributed by atoms with Gasteiger partial charge in [-0.1, -0.05) is 5.16 Å². The van der Waals surface area contributed by atoms with Gasteiger partial charge in [-0.05, 0) is 57.4 Å². The summed E-state index contributed by atoms with van der Waals surface area (Å²) in [7, 11) is 0. The second-order valence-electron chi connectivity index (χ2n) is 6.42. The number of hydrogen-bond donors (Lipinski definition) is 1. The van der Waals surface area contributed by atoms with Gasteiger partial charge in [0.25, 0.3) is 5.91 Å². The molecule has 2 aliphatic carbocycles. The summed E-state index contributed by atoms with van der Waals surface area (Å²) in [6, 6.07) is 1.84. The van der Waals surface area contributed by atoms with Crippen LogP contribution in [0.4, 0.5) is 5.88 Å². The number of rotatable bonds is 4. The van der Waals surface area contributed by atoms with Gasteiger partial charge >= 0.3 is 0 Å². The molecule has 0 aliphatic heterocycles. The Morgan fingerprint density at radius 3 is 2.71 bits per heavy atom. The molecule has 0 spiro atoms. The minimum atomic E-state index is -0.221. The van der Waals surface area contributed by atoms with Crippen LogP contribution in [0.2, 0.25) is 0 Å². The third kappa shape index (κ3) is 3.00. The van der Waals surface area contributed by atoms with Crippen molar-refractivity contribution < 1.29 is 14.1 Å². The minimum Gasteiger partial charge on any atom is -0.483 e. The van der Waals surface area contributed by atoms with E-state index < -0.39 is 0 Å². The zero-order valence-electron chi connectivity index (χ0n) is 13.6. The number of hydrogen-bond acceptors (Lipinski definition) is 5. The van der Waals surface area contributed by atoms with Crippen molar-refractivity contribution in [3.8, 4) is 5.75 Å². The van der Waals surface area contributed by atoms with Crippen LogP contribution in [0.3, 0.4) is 0 Å². The van der Waals surface area contributed by atoms with Gasteiger partial charge in [0.05, 0.1) is 5.69 Å². The molecule has 0 bridgehead atoms. The molecule has 0 saturated heterocycles. The Labute approximate surface area is 140 Å². The Morgan fingerprint density at radius 2 is 1.83 bits per heavy atom. The molecular weight excluding hydrogens is 306 g/mol. The molecular formula is C18H21N3O3. The number of nitrogens with zero attached hydrogens (tertiary/aromatic N) is 2. The number of amides is 1. The minimum absolute atomic E-state index is 0.0358. The quantitative estimate of drug-likeness (QED) is 0.934. The maximum absolute atomic E-state index is 12.2. The van der Waals surface area contributed by atoms with Crippen LogP contribution in [0.25, 0.3) is 0 Å². The number of nitrogens with one attached hydrogen (secondary N) is 1. The Hall–Kier alpha value is -2.37. The lowest BCUT2D eigenvalue weighted by molar-refractivity contribution is -0.118. The number of carbonyl (C=O) groups is 1. The number of pyridine rings is 1. The van der Waals surface area contributed by atoms with Crippen LogP contribution in [0, 0.1) is 0 Å². The van der Waals surface area contributed by atoms with Crippen LogP contribution in [0.1, 0.15) is 48.2 Å². The Bertz CT molecular complexity index is 754. The van der Waals surface area contributed by atoms with Crippen LogP contribution >= 0.6 is 0 Å². The molecule has 24 heavy (non-hydrogen) atoms. The molecule has 2 aromatic rings. The number of ether oxygens (including phenoxy) is 1. The van der Waals surface area contributed by atoms with Crippen molar-refractivity contribution in [2.45, 2.75) is 51.4 Å². The van der Waals surface area contributed by atoms with E-state index in [-0.39, 0.29) is 12.5 Å². The zero-order valence-corrected chi connectivity index (χ0v) is 13.6. The molecule has 1 amide bonds. The normalized spacial score (nSPS) is 16.2. The van der Waals surface area contributed by atoms with Gasteiger partial charge in [0, 0.05) is 23.0 Å². The molecule has 1 N–H and O–H groups in total. The first kappa shape index (κ1) is 15.2. The largest absolute Gasteiger partial charge is 0.483 e. The fourth-order valence-corrected chi connectivity index (χ4v) is 3.52. The van der Waals surface area contributed by atoms with Gasteiger partial charge in [0.1, 0.15) is 5.75 Å². The highest BCUT2D eigenvalue weighted by molar-refractivity contribution is 5.91. The summed E-state index contributed by atoms with van der Waals surface area (Å²) >= 11 is 0. The van der Waals surface area contributed by atoms with Crippen LogP contribution in [0.5, 0.6) is 5.75 Å². The number of aromatic nitrogens is 2. The van der Waals surface area contributed by atoms with Gasteiger partial charge in [-0.25, -0.2) is 0 Å². The molecule has 0 unspecified atom stereocenters. The fraction of sp³-hybridized carbons (Fsp3) is 0.500. The second kappa shape index (κ2) is 6.63. The lowest BCUT2D eigenvalue weighted by Crippen LogP contribution is -2.21. The molecule has 4 rings (SSSR count). The van der Waals surface area contributed by atoms with Crippen molar-refractivity contribution >= 4 is 11.8 Å². The standard InChI is InChI=1S/C18H21N3O3/c22-17(20-18-13-6-2-4-8-15(13)21-24-18)11-23-16-9-10-19-14-7-3-1-5-12(14)16/h9-10H,1-8,11H2,(H,20,22). The van der Waals surface area contributed by atoms with E-state index in [0.717, 1.165) is 73.2 Å². The van der Waals surface area contributed by atoms with Gasteiger partial charge in [0.15, 0.2) is 6.61 Å². The zero-order chi connectivity index (χ0) is 16.4. The van der Waals surface area contributed by atoms with Gasteiger partial charge < -0.3 is 9.26 Å². The number of anilines is 1. The molecule has 2 aliphatic rings. The van der Waals surface area contributed by atoms with Crippen LogP contribution in [0.15, 0.2) is 16.8 Å². The second-order valence-corrected chi connectivity index (χ2v) is 6.42. The predicted molar refractivity (Wildman–Crippen MR) is 88.1 cm³/mol. The van der Waals surface area contributed by atoms with E-state index in [0.29, 0.717) is 5.88 Å². The summed E-state index contributed by atoms with van der Waals surface area (Å²) in [5, 5.41) is 6.84. The Morgan fingerprint density at radius 1 is 1.08 bits per heavy atom. The molecule has 0 saturated carbocycles. The number of carbonyl (C=O) groups excluding carboxylic acids is 1. The van der Waals surface area contributed by atoms with Crippen molar-refractivity contribution in [3.05, 3.63) is 34.8 Å². The smallest absolute Gasteiger partial charge is 0.264 e. The molecule has 0 atom stereocenters. The van der Waals surface area contributed by atoms with E-state index in [1.165, 1.54) is 6.42 Å². The molecule has 2 heterocycles. The first-order valence-corrected chi connectivity index (χ1v) is 8.68. The highest BCUT2D eigenvalue weighted by Gasteiger charge is 2.21. The average molecular weight is 327 g/mol. The SMILES string of the molecule is O=C(COc1ccnc2c1CCCC2)Nc1onc2c1CCCC2. The van der Waals surface area contributed by atoms with Crippen LogP contribution in [-0.2, 0) is 30.5 Å². The highest BCUT2D eigenvalue weighted by atomic mass is 16.5. The fourth-order valence-electron chi connectivity index (χ4n) is 3.52. The third-order valence-corrected chi connectivity index (χ3v) is 4.76. The van der Waals surface area contributed by atoms with E-state index in [4.69, 9.17) is 9.26 Å². The summed E-state index contributed by atoms with van der Waals surface area (Å²) in [4.78, 5) is 16.6.